The summed E-state index contributed by atoms with van der Waals surface area (Å²) in [5, 5.41) is 1.03. The summed E-state index contributed by atoms with van der Waals surface area (Å²) in [6, 6.07) is 18.4. The molecule has 2 aromatic carbocycles. The number of thiazole rings is 1. The first kappa shape index (κ1) is 18.2. The van der Waals surface area contributed by atoms with Gasteiger partial charge in [-0.1, -0.05) is 49.4 Å². The predicted molar refractivity (Wildman–Crippen MR) is 112 cm³/mol. The molecule has 4 rings (SSSR count). The van der Waals surface area contributed by atoms with E-state index in [1.165, 1.54) is 11.1 Å². The van der Waals surface area contributed by atoms with Gasteiger partial charge in [0.15, 0.2) is 0 Å². The van der Waals surface area contributed by atoms with Gasteiger partial charge in [-0.05, 0) is 43.4 Å². The number of benzene rings is 2. The summed E-state index contributed by atoms with van der Waals surface area (Å²) in [6.07, 6.45) is 2.95. The van der Waals surface area contributed by atoms with Crippen molar-refractivity contribution in [2.75, 3.05) is 13.1 Å². The van der Waals surface area contributed by atoms with Crippen molar-refractivity contribution in [3.8, 4) is 0 Å². The van der Waals surface area contributed by atoms with Gasteiger partial charge in [0.2, 0.25) is 5.91 Å². The molecule has 0 saturated carbocycles. The fourth-order valence-corrected chi connectivity index (χ4v) is 5.25. The van der Waals surface area contributed by atoms with Crippen molar-refractivity contribution in [3.05, 3.63) is 65.2 Å². The molecule has 1 amide bonds. The van der Waals surface area contributed by atoms with Crippen molar-refractivity contribution < 1.29 is 4.79 Å². The van der Waals surface area contributed by atoms with Crippen molar-refractivity contribution in [1.29, 1.82) is 0 Å². The second-order valence-electron chi connectivity index (χ2n) is 7.95. The maximum atomic E-state index is 13.7. The van der Waals surface area contributed by atoms with Crippen LogP contribution < -0.4 is 0 Å². The number of hydrogen-bond donors (Lipinski definition) is 0. The fourth-order valence-electron chi connectivity index (χ4n) is 4.13. The van der Waals surface area contributed by atoms with Crippen LogP contribution in [0.2, 0.25) is 0 Å². The highest BCUT2D eigenvalue weighted by Gasteiger charge is 2.40. The van der Waals surface area contributed by atoms with Gasteiger partial charge in [0, 0.05) is 19.5 Å². The molecule has 27 heavy (non-hydrogen) atoms. The SMILES string of the molecule is CC1CCCN(C(=O)C(C)(Cc2nc3ccccc3s2)c2ccccc2)C1. The number of rotatable bonds is 4. The van der Waals surface area contributed by atoms with Gasteiger partial charge in [-0.15, -0.1) is 11.3 Å². The number of hydrogen-bond acceptors (Lipinski definition) is 3. The predicted octanol–water partition coefficient (Wildman–Crippen LogP) is 5.06. The van der Waals surface area contributed by atoms with E-state index in [4.69, 9.17) is 4.98 Å². The first-order valence-corrected chi connectivity index (χ1v) is 10.6. The number of para-hydroxylation sites is 1. The van der Waals surface area contributed by atoms with Gasteiger partial charge in [0.1, 0.15) is 0 Å². The molecule has 3 nitrogen and oxygen atoms in total. The van der Waals surface area contributed by atoms with E-state index in [2.05, 4.69) is 36.9 Å². The molecular formula is C23H26N2OS. The molecule has 1 aliphatic heterocycles. The van der Waals surface area contributed by atoms with Gasteiger partial charge in [-0.25, -0.2) is 4.98 Å². The summed E-state index contributed by atoms with van der Waals surface area (Å²) >= 11 is 1.70. The Morgan fingerprint density at radius 2 is 1.93 bits per heavy atom. The van der Waals surface area contributed by atoms with Crippen molar-refractivity contribution in [1.82, 2.24) is 9.88 Å². The average molecular weight is 379 g/mol. The third kappa shape index (κ3) is 3.63. The highest BCUT2D eigenvalue weighted by molar-refractivity contribution is 7.18. The van der Waals surface area contributed by atoms with Crippen LogP contribution in [-0.2, 0) is 16.6 Å². The van der Waals surface area contributed by atoms with Crippen molar-refractivity contribution in [3.63, 3.8) is 0 Å². The minimum atomic E-state index is -0.591. The molecule has 140 valence electrons. The van der Waals surface area contributed by atoms with Crippen molar-refractivity contribution in [2.24, 2.45) is 5.92 Å². The maximum absolute atomic E-state index is 13.7. The second kappa shape index (κ2) is 7.43. The quantitative estimate of drug-likeness (QED) is 0.636. The van der Waals surface area contributed by atoms with Crippen LogP contribution in [0.15, 0.2) is 54.6 Å². The molecule has 0 N–H and O–H groups in total. The molecule has 0 radical (unpaired) electrons. The topological polar surface area (TPSA) is 33.2 Å². The Kier molecular flexibility index (Phi) is 5.00. The van der Waals surface area contributed by atoms with E-state index in [0.29, 0.717) is 12.3 Å². The van der Waals surface area contributed by atoms with Crippen LogP contribution in [0.3, 0.4) is 0 Å². The molecule has 4 heteroatoms. The highest BCUT2D eigenvalue weighted by atomic mass is 32.1. The van der Waals surface area contributed by atoms with E-state index in [-0.39, 0.29) is 5.91 Å². The largest absolute Gasteiger partial charge is 0.342 e. The van der Waals surface area contributed by atoms with Crippen LogP contribution in [0, 0.1) is 5.92 Å². The molecule has 1 aromatic heterocycles. The van der Waals surface area contributed by atoms with Crippen LogP contribution >= 0.6 is 11.3 Å². The third-order valence-electron chi connectivity index (χ3n) is 5.67. The Morgan fingerprint density at radius 1 is 1.19 bits per heavy atom. The first-order valence-electron chi connectivity index (χ1n) is 9.75. The van der Waals surface area contributed by atoms with E-state index >= 15 is 0 Å². The van der Waals surface area contributed by atoms with Crippen LogP contribution in [0.25, 0.3) is 10.2 Å². The number of aromatic nitrogens is 1. The zero-order chi connectivity index (χ0) is 18.9. The van der Waals surface area contributed by atoms with Gasteiger partial charge in [0.25, 0.3) is 0 Å². The monoisotopic (exact) mass is 378 g/mol. The van der Waals surface area contributed by atoms with Gasteiger partial charge < -0.3 is 4.90 Å². The summed E-state index contributed by atoms with van der Waals surface area (Å²) in [5.74, 6) is 0.810. The summed E-state index contributed by atoms with van der Waals surface area (Å²) in [5.41, 5.74) is 1.51. The first-order chi connectivity index (χ1) is 13.1. The van der Waals surface area contributed by atoms with E-state index in [0.717, 1.165) is 35.6 Å². The molecule has 0 aliphatic carbocycles. The lowest BCUT2D eigenvalue weighted by molar-refractivity contribution is -0.138. The Hall–Kier alpha value is -2.20. The smallest absolute Gasteiger partial charge is 0.233 e. The summed E-state index contributed by atoms with van der Waals surface area (Å²) < 4.78 is 1.18. The minimum absolute atomic E-state index is 0.236. The molecule has 0 bridgehead atoms. The van der Waals surface area contributed by atoms with Crippen LogP contribution in [-0.4, -0.2) is 28.9 Å². The number of piperidine rings is 1. The second-order valence-corrected chi connectivity index (χ2v) is 9.06. The molecule has 0 spiro atoms. The number of carbonyl (C=O) groups is 1. The van der Waals surface area contributed by atoms with Crippen LogP contribution in [0.1, 0.15) is 37.3 Å². The lowest BCUT2D eigenvalue weighted by atomic mass is 9.77. The molecule has 1 saturated heterocycles. The average Bonchev–Trinajstić information content (AvgIpc) is 3.10. The summed E-state index contributed by atoms with van der Waals surface area (Å²) in [4.78, 5) is 20.6. The van der Waals surface area contributed by atoms with Crippen LogP contribution in [0.5, 0.6) is 0 Å². The standard InChI is InChI=1S/C23H26N2OS/c1-17-9-8-14-25(16-17)22(26)23(2,18-10-4-3-5-11-18)15-21-24-19-12-6-7-13-20(19)27-21/h3-7,10-13,17H,8-9,14-16H2,1-2H3. The normalized spacial score (nSPS) is 19.8. The molecule has 3 aromatic rings. The van der Waals surface area contributed by atoms with Crippen molar-refractivity contribution >= 4 is 27.5 Å². The maximum Gasteiger partial charge on any atom is 0.233 e. The molecule has 1 fully saturated rings. The minimum Gasteiger partial charge on any atom is -0.342 e. The number of likely N-dealkylation sites (tertiary alicyclic amines) is 1. The zero-order valence-electron chi connectivity index (χ0n) is 16.0. The fraction of sp³-hybridized carbons (Fsp3) is 0.391. The van der Waals surface area contributed by atoms with Crippen molar-refractivity contribution in [2.45, 2.75) is 38.5 Å². The Bertz CT molecular complexity index is 903. The van der Waals surface area contributed by atoms with Crippen LogP contribution in [0.4, 0.5) is 0 Å². The number of amides is 1. The van der Waals surface area contributed by atoms with Gasteiger partial charge >= 0.3 is 0 Å². The molecule has 1 aliphatic rings. The van der Waals surface area contributed by atoms with Gasteiger partial charge in [-0.2, -0.15) is 0 Å². The van der Waals surface area contributed by atoms with E-state index in [1.807, 2.05) is 36.4 Å². The van der Waals surface area contributed by atoms with Gasteiger partial charge in [0.05, 0.1) is 20.6 Å². The van der Waals surface area contributed by atoms with E-state index in [9.17, 15) is 4.79 Å². The lowest BCUT2D eigenvalue weighted by Gasteiger charge is -2.38. The molecule has 2 unspecified atom stereocenters. The lowest BCUT2D eigenvalue weighted by Crippen LogP contribution is -2.49. The van der Waals surface area contributed by atoms with Gasteiger partial charge in [-0.3, -0.25) is 4.79 Å². The van der Waals surface area contributed by atoms with E-state index < -0.39 is 5.41 Å². The Labute approximate surface area is 165 Å². The zero-order valence-corrected chi connectivity index (χ0v) is 16.8. The highest BCUT2D eigenvalue weighted by Crippen LogP contribution is 2.34. The van der Waals surface area contributed by atoms with E-state index in [1.54, 1.807) is 11.3 Å². The number of fused-ring (bicyclic) bond motifs is 1. The molecular weight excluding hydrogens is 352 g/mol. The third-order valence-corrected chi connectivity index (χ3v) is 6.71. The molecule has 2 heterocycles. The Morgan fingerprint density at radius 3 is 2.67 bits per heavy atom. The number of nitrogens with zero attached hydrogens (tertiary/aromatic N) is 2. The summed E-state index contributed by atoms with van der Waals surface area (Å²) in [6.45, 7) is 6.06. The Balaban J connectivity index is 1.70. The summed E-state index contributed by atoms with van der Waals surface area (Å²) in [7, 11) is 0. The molecule has 2 atom stereocenters. The number of carbonyl (C=O) groups excluding carboxylic acids is 1.